The first-order valence-electron chi connectivity index (χ1n) is 24.2. The van der Waals surface area contributed by atoms with E-state index >= 15 is 0 Å². The predicted molar refractivity (Wildman–Crippen MR) is 248 cm³/mol. The number of unbranched alkanes of at least 4 members (excludes halogenated alkanes) is 2. The third kappa shape index (κ3) is 12.2. The second-order valence-corrected chi connectivity index (χ2v) is 19.7. The maximum atomic E-state index is 14.1. The lowest BCUT2D eigenvalue weighted by Gasteiger charge is -2.40. The van der Waals surface area contributed by atoms with Crippen molar-refractivity contribution in [1.82, 2.24) is 30.7 Å². The summed E-state index contributed by atoms with van der Waals surface area (Å²) in [6.45, 7) is 13.0. The van der Waals surface area contributed by atoms with Crippen LogP contribution in [0.1, 0.15) is 111 Å². The second kappa shape index (κ2) is 24.1. The van der Waals surface area contributed by atoms with E-state index in [9.17, 15) is 38.7 Å². The lowest BCUT2D eigenvalue weighted by molar-refractivity contribution is -0.144. The number of hydrogen-bond acceptors (Lipinski definition) is 12. The van der Waals surface area contributed by atoms with Crippen LogP contribution in [0.5, 0.6) is 0 Å². The topological polar surface area (TPSA) is 204 Å². The van der Waals surface area contributed by atoms with Gasteiger partial charge in [-0.3, -0.25) is 39.1 Å². The molecule has 13 atom stereocenters. The number of rotatable bonds is 27. The Labute approximate surface area is 391 Å². The highest BCUT2D eigenvalue weighted by molar-refractivity contribution is 6.12. The number of fused-ring (bicyclic) bond motifs is 2. The van der Waals surface area contributed by atoms with Gasteiger partial charge in [-0.25, -0.2) is 0 Å². The Bertz CT molecular complexity index is 1850. The van der Waals surface area contributed by atoms with Crippen LogP contribution in [-0.4, -0.2) is 150 Å². The summed E-state index contributed by atoms with van der Waals surface area (Å²) in [5, 5.41) is 20.6. The molecule has 1 aromatic carbocycles. The van der Waals surface area contributed by atoms with Gasteiger partial charge in [0, 0.05) is 76.3 Å². The van der Waals surface area contributed by atoms with E-state index in [1.54, 1.807) is 26.0 Å². The van der Waals surface area contributed by atoms with Crippen molar-refractivity contribution >= 4 is 42.1 Å². The number of nitrogens with one attached hydrogen (secondary N) is 3. The quantitative estimate of drug-likeness (QED) is 0.0571. The third-order valence-electron chi connectivity index (χ3n) is 15.0. The largest absolute Gasteiger partial charge is 0.387 e. The normalized spacial score (nSPS) is 25.2. The van der Waals surface area contributed by atoms with E-state index in [1.807, 2.05) is 51.1 Å². The van der Waals surface area contributed by atoms with Crippen molar-refractivity contribution in [3.8, 4) is 0 Å². The van der Waals surface area contributed by atoms with Gasteiger partial charge in [0.2, 0.25) is 17.7 Å². The molecule has 1 saturated carbocycles. The summed E-state index contributed by atoms with van der Waals surface area (Å²) in [5.41, 5.74) is -0.425. The Morgan fingerprint density at radius 2 is 1.65 bits per heavy atom. The van der Waals surface area contributed by atoms with Gasteiger partial charge in [-0.05, 0) is 82.2 Å². The van der Waals surface area contributed by atoms with E-state index in [4.69, 9.17) is 9.47 Å². The van der Waals surface area contributed by atoms with Crippen molar-refractivity contribution in [1.29, 1.82) is 0 Å². The van der Waals surface area contributed by atoms with Crippen LogP contribution in [0, 0.1) is 29.6 Å². The summed E-state index contributed by atoms with van der Waals surface area (Å²) in [6, 6.07) is 6.55. The van der Waals surface area contributed by atoms with Crippen molar-refractivity contribution in [3.05, 3.63) is 48.0 Å². The number of nitrogens with zero attached hydrogens (tertiary/aromatic N) is 3. The molecule has 5 rings (SSSR count). The van der Waals surface area contributed by atoms with Crippen molar-refractivity contribution in [2.75, 3.05) is 40.4 Å². The Morgan fingerprint density at radius 1 is 0.955 bits per heavy atom. The zero-order chi connectivity index (χ0) is 48.3. The van der Waals surface area contributed by atoms with E-state index < -0.39 is 48.0 Å². The monoisotopic (exact) mass is 921 g/mol. The maximum absolute atomic E-state index is 14.1. The van der Waals surface area contributed by atoms with Gasteiger partial charge < -0.3 is 39.7 Å². The zero-order valence-corrected chi connectivity index (χ0v) is 40.4. The fourth-order valence-corrected chi connectivity index (χ4v) is 11.1. The molecule has 3 fully saturated rings. The molecule has 5 amide bonds. The molecule has 366 valence electrons. The molecule has 66 heavy (non-hydrogen) atoms. The van der Waals surface area contributed by atoms with Crippen molar-refractivity contribution in [2.45, 2.75) is 153 Å². The van der Waals surface area contributed by atoms with E-state index in [2.05, 4.69) is 34.7 Å². The number of aldehydes is 2. The van der Waals surface area contributed by atoms with Gasteiger partial charge in [-0.1, -0.05) is 70.9 Å². The van der Waals surface area contributed by atoms with Crippen LogP contribution in [-0.2, 0) is 43.0 Å². The van der Waals surface area contributed by atoms with Crippen molar-refractivity contribution in [3.63, 3.8) is 0 Å². The summed E-state index contributed by atoms with van der Waals surface area (Å²) in [6.07, 6.45) is 8.10. The first-order valence-corrected chi connectivity index (χ1v) is 24.2. The highest BCUT2D eigenvalue weighted by Crippen LogP contribution is 2.43. The number of aliphatic hydroxyl groups is 1. The van der Waals surface area contributed by atoms with Crippen molar-refractivity contribution < 1.29 is 48.1 Å². The molecule has 1 aromatic rings. The maximum Gasteiger partial charge on any atom is 0.253 e. The summed E-state index contributed by atoms with van der Waals surface area (Å²) in [5.74, 6) is -2.07. The average molecular weight is 921 g/mol. The summed E-state index contributed by atoms with van der Waals surface area (Å²) in [7, 11) is 3.15. The molecule has 3 aliphatic heterocycles. The number of piperidine rings is 1. The van der Waals surface area contributed by atoms with E-state index in [0.29, 0.717) is 45.3 Å². The number of amides is 5. The minimum atomic E-state index is -1.15. The SMILES string of the molecule is CC[C@H](C)[C@@H](CNC(=O)C(NC(=O)[C@@H]1[C@H]2CC[C@H](C2)N1C(=O)CCCCCN1C(=O)C=CC1=O)C(C)C)[C@@H](OC)[C@@H](C=O)N1CC[C@H]([C@@H](OC)[C@](C)(C=O)N[C@H](C)[C@@H](O)c2ccccc2)C1. The van der Waals surface area contributed by atoms with Gasteiger partial charge in [0.05, 0.1) is 29.9 Å². The first kappa shape index (κ1) is 52.6. The minimum Gasteiger partial charge on any atom is -0.387 e. The Kier molecular flexibility index (Phi) is 19.2. The van der Waals surface area contributed by atoms with Crippen LogP contribution in [0.15, 0.2) is 42.5 Å². The van der Waals surface area contributed by atoms with Crippen LogP contribution in [0.4, 0.5) is 0 Å². The van der Waals surface area contributed by atoms with Gasteiger partial charge >= 0.3 is 0 Å². The molecule has 0 spiro atoms. The summed E-state index contributed by atoms with van der Waals surface area (Å²) < 4.78 is 12.2. The first-order chi connectivity index (χ1) is 31.5. The molecule has 16 nitrogen and oxygen atoms in total. The molecular formula is C50H76N6O10. The average Bonchev–Trinajstić information content (AvgIpc) is 4.13. The smallest absolute Gasteiger partial charge is 0.253 e. The molecule has 4 aliphatic rings. The molecule has 2 bridgehead atoms. The minimum absolute atomic E-state index is 0.0101. The summed E-state index contributed by atoms with van der Waals surface area (Å²) in [4.78, 5) is 96.6. The number of hydrogen-bond donors (Lipinski definition) is 4. The molecular weight excluding hydrogens is 845 g/mol. The van der Waals surface area contributed by atoms with Crippen LogP contribution >= 0.6 is 0 Å². The fourth-order valence-electron chi connectivity index (χ4n) is 11.1. The molecule has 2 saturated heterocycles. The van der Waals surface area contributed by atoms with E-state index in [-0.39, 0.29) is 78.1 Å². The van der Waals surface area contributed by atoms with Gasteiger partial charge in [0.15, 0.2) is 0 Å². The van der Waals surface area contributed by atoms with Gasteiger partial charge in [-0.15, -0.1) is 0 Å². The lowest BCUT2D eigenvalue weighted by atomic mass is 9.83. The fraction of sp³-hybridized carbons (Fsp3) is 0.700. The Morgan fingerprint density at radius 3 is 2.26 bits per heavy atom. The van der Waals surface area contributed by atoms with Crippen LogP contribution in [0.25, 0.3) is 0 Å². The van der Waals surface area contributed by atoms with E-state index in [0.717, 1.165) is 43.8 Å². The number of carbonyl (C=O) groups excluding carboxylic acids is 7. The number of methoxy groups -OCH3 is 2. The highest BCUT2D eigenvalue weighted by atomic mass is 16.5. The Hall–Kier alpha value is -4.35. The van der Waals surface area contributed by atoms with E-state index in [1.165, 1.54) is 17.1 Å². The molecule has 1 unspecified atom stereocenters. The molecule has 1 aliphatic carbocycles. The number of aliphatic hydroxyl groups excluding tert-OH is 1. The van der Waals surface area contributed by atoms with Crippen molar-refractivity contribution in [2.24, 2.45) is 29.6 Å². The lowest BCUT2D eigenvalue weighted by Crippen LogP contribution is -2.61. The molecule has 0 aromatic heterocycles. The standard InChI is InChI=1S/C50H76N6O10/c1-9-32(4)38(46(65-7)39(29-57)54-25-23-36(28-54)47(66-8)50(6,30-58)53-33(5)45(62)34-16-12-10-13-17-34)27-51-48(63)43(31(2)3)52-49(64)44-35-19-20-37(26-35)56(44)42(61)18-14-11-15-24-55-40(59)21-22-41(55)60/h10,12-13,16-17,21-22,29-33,35-39,43-47,53,62H,9,11,14-15,18-20,23-28H2,1-8H3,(H,51,63)(H,52,64)/t32-,33+,35-,36-,37+,38+,39+,43?,44-,45+,46+,47+,50-/m0/s1. The Balaban J connectivity index is 1.19. The second-order valence-electron chi connectivity index (χ2n) is 19.7. The van der Waals surface area contributed by atoms with Gasteiger partial charge in [0.1, 0.15) is 24.7 Å². The summed E-state index contributed by atoms with van der Waals surface area (Å²) >= 11 is 0. The molecule has 0 radical (unpaired) electrons. The number of imide groups is 1. The van der Waals surface area contributed by atoms with Crippen LogP contribution in [0.3, 0.4) is 0 Å². The third-order valence-corrected chi connectivity index (χ3v) is 15.0. The number of likely N-dealkylation sites (tertiary alicyclic amines) is 2. The van der Waals surface area contributed by atoms with Crippen LogP contribution < -0.4 is 16.0 Å². The zero-order valence-electron chi connectivity index (χ0n) is 40.4. The van der Waals surface area contributed by atoms with Gasteiger partial charge in [-0.2, -0.15) is 0 Å². The predicted octanol–water partition coefficient (Wildman–Crippen LogP) is 3.36. The highest BCUT2D eigenvalue weighted by Gasteiger charge is 2.52. The number of ether oxygens (including phenoxy) is 2. The molecule has 16 heteroatoms. The van der Waals surface area contributed by atoms with Crippen LogP contribution in [0.2, 0.25) is 0 Å². The molecule has 3 heterocycles. The molecule has 4 N–H and O–H groups in total. The van der Waals surface area contributed by atoms with Gasteiger partial charge in [0.25, 0.3) is 11.8 Å². The number of carbonyl (C=O) groups is 7. The number of benzene rings is 1.